The van der Waals surface area contributed by atoms with Crippen molar-refractivity contribution < 1.29 is 17.6 Å². The quantitative estimate of drug-likeness (QED) is 0.867. The number of H-pyrrole nitrogens is 1. The highest BCUT2D eigenvalue weighted by atomic mass is 35.5. The van der Waals surface area contributed by atoms with Gasteiger partial charge < -0.3 is 9.32 Å². The molecule has 10 heteroatoms. The van der Waals surface area contributed by atoms with Gasteiger partial charge in [0, 0.05) is 12.7 Å². The zero-order chi connectivity index (χ0) is 15.6. The van der Waals surface area contributed by atoms with Gasteiger partial charge in [0.15, 0.2) is 0 Å². The molecule has 0 saturated carbocycles. The zero-order valence-electron chi connectivity index (χ0n) is 10.2. The molecule has 1 N–H and O–H groups in total. The number of nitrogens with zero attached hydrogens (tertiary/aromatic N) is 2. The van der Waals surface area contributed by atoms with E-state index in [1.54, 1.807) is 0 Å². The van der Waals surface area contributed by atoms with Crippen LogP contribution in [-0.4, -0.2) is 22.7 Å². The van der Waals surface area contributed by atoms with Gasteiger partial charge in [0.1, 0.15) is 23.8 Å². The van der Waals surface area contributed by atoms with E-state index in [4.69, 9.17) is 23.2 Å². The first-order valence-electron chi connectivity index (χ1n) is 5.54. The molecule has 0 bridgehead atoms. The number of oxazole rings is 1. The monoisotopic (exact) mass is 341 g/mol. The predicted octanol–water partition coefficient (Wildman–Crippen LogP) is 3.24. The number of hydrogen-bond acceptors (Lipinski definition) is 4. The highest BCUT2D eigenvalue weighted by molar-refractivity contribution is 6.41. The van der Waals surface area contributed by atoms with Crippen LogP contribution in [0.2, 0.25) is 10.2 Å². The minimum atomic E-state index is -4.46. The standard InChI is InChI=1S/C11H8Cl2F3N3O2/c12-7-1-6(2-17-9(7)13)3-19(5-11(14,15)16)8-4-21-10(20)18-8/h1-2,4H,3,5H2,(H,18,20). The first-order chi connectivity index (χ1) is 9.74. The van der Waals surface area contributed by atoms with Crippen molar-refractivity contribution in [3.05, 3.63) is 44.8 Å². The smallest absolute Gasteiger partial charge is 0.414 e. The van der Waals surface area contributed by atoms with Gasteiger partial charge >= 0.3 is 11.9 Å². The van der Waals surface area contributed by atoms with Crippen LogP contribution in [0.1, 0.15) is 5.56 Å². The van der Waals surface area contributed by atoms with Crippen LogP contribution >= 0.6 is 23.2 Å². The summed E-state index contributed by atoms with van der Waals surface area (Å²) in [4.78, 5) is 17.7. The van der Waals surface area contributed by atoms with E-state index in [0.717, 1.165) is 11.2 Å². The van der Waals surface area contributed by atoms with Crippen molar-refractivity contribution in [3.63, 3.8) is 0 Å². The lowest BCUT2D eigenvalue weighted by atomic mass is 10.2. The molecule has 2 heterocycles. The van der Waals surface area contributed by atoms with Crippen molar-refractivity contribution in [2.45, 2.75) is 12.7 Å². The minimum Gasteiger partial charge on any atom is -0.414 e. The first kappa shape index (κ1) is 15.7. The molecule has 2 aromatic rings. The molecule has 0 radical (unpaired) electrons. The summed E-state index contributed by atoms with van der Waals surface area (Å²) < 4.78 is 42.3. The maximum absolute atomic E-state index is 12.6. The van der Waals surface area contributed by atoms with E-state index in [1.165, 1.54) is 12.3 Å². The summed E-state index contributed by atoms with van der Waals surface area (Å²) in [5.41, 5.74) is 0.399. The van der Waals surface area contributed by atoms with Gasteiger partial charge in [0.05, 0.1) is 5.02 Å². The number of hydrogen-bond donors (Lipinski definition) is 1. The summed E-state index contributed by atoms with van der Waals surface area (Å²) >= 11 is 11.4. The number of pyridine rings is 1. The molecule has 0 aromatic carbocycles. The third-order valence-corrected chi connectivity index (χ3v) is 3.13. The predicted molar refractivity (Wildman–Crippen MR) is 70.7 cm³/mol. The highest BCUT2D eigenvalue weighted by Gasteiger charge is 2.32. The first-order valence-corrected chi connectivity index (χ1v) is 6.29. The average molecular weight is 342 g/mol. The lowest BCUT2D eigenvalue weighted by molar-refractivity contribution is -0.120. The van der Waals surface area contributed by atoms with Gasteiger partial charge in [0.2, 0.25) is 0 Å². The van der Waals surface area contributed by atoms with Gasteiger partial charge in [-0.3, -0.25) is 4.98 Å². The van der Waals surface area contributed by atoms with Gasteiger partial charge in [-0.05, 0) is 11.6 Å². The molecule has 5 nitrogen and oxygen atoms in total. The maximum Gasteiger partial charge on any atom is 0.417 e. The maximum atomic E-state index is 12.6. The number of halogens is 5. The van der Waals surface area contributed by atoms with Crippen molar-refractivity contribution >= 4 is 29.0 Å². The van der Waals surface area contributed by atoms with Crippen molar-refractivity contribution in [1.29, 1.82) is 0 Å². The highest BCUT2D eigenvalue weighted by Crippen LogP contribution is 2.24. The van der Waals surface area contributed by atoms with E-state index in [0.29, 0.717) is 5.56 Å². The van der Waals surface area contributed by atoms with Crippen LogP contribution in [0.4, 0.5) is 19.0 Å². The van der Waals surface area contributed by atoms with Gasteiger partial charge in [-0.1, -0.05) is 23.2 Å². The summed E-state index contributed by atoms with van der Waals surface area (Å²) in [6, 6.07) is 1.40. The van der Waals surface area contributed by atoms with Crippen LogP contribution in [0, 0.1) is 0 Å². The largest absolute Gasteiger partial charge is 0.417 e. The summed E-state index contributed by atoms with van der Waals surface area (Å²) in [6.07, 6.45) is -2.24. The summed E-state index contributed by atoms with van der Waals surface area (Å²) in [7, 11) is 0. The number of nitrogens with one attached hydrogen (secondary N) is 1. The fourth-order valence-corrected chi connectivity index (χ4v) is 1.93. The van der Waals surface area contributed by atoms with Crippen LogP contribution in [0.5, 0.6) is 0 Å². The number of rotatable bonds is 4. The Hall–Kier alpha value is -1.67. The second kappa shape index (κ2) is 5.98. The van der Waals surface area contributed by atoms with Crippen LogP contribution in [0.3, 0.4) is 0 Å². The van der Waals surface area contributed by atoms with E-state index in [-0.39, 0.29) is 22.5 Å². The molecule has 0 atom stereocenters. The molecule has 0 unspecified atom stereocenters. The third-order valence-electron chi connectivity index (χ3n) is 2.44. The second-order valence-electron chi connectivity index (χ2n) is 4.12. The number of aromatic nitrogens is 2. The number of anilines is 1. The van der Waals surface area contributed by atoms with E-state index in [9.17, 15) is 18.0 Å². The molecule has 114 valence electrons. The molecule has 0 saturated heterocycles. The Morgan fingerprint density at radius 1 is 1.38 bits per heavy atom. The van der Waals surface area contributed by atoms with Gasteiger partial charge in [-0.15, -0.1) is 0 Å². The average Bonchev–Trinajstić information content (AvgIpc) is 2.78. The van der Waals surface area contributed by atoms with Crippen molar-refractivity contribution in [1.82, 2.24) is 9.97 Å². The van der Waals surface area contributed by atoms with E-state index >= 15 is 0 Å². The fourth-order valence-electron chi connectivity index (χ4n) is 1.64. The van der Waals surface area contributed by atoms with Gasteiger partial charge in [-0.25, -0.2) is 9.78 Å². The van der Waals surface area contributed by atoms with E-state index in [1.807, 2.05) is 0 Å². The fraction of sp³-hybridized carbons (Fsp3) is 0.273. The molecule has 2 rings (SSSR count). The Morgan fingerprint density at radius 3 is 2.62 bits per heavy atom. The SMILES string of the molecule is O=c1[nH]c(N(Cc2cnc(Cl)c(Cl)c2)CC(F)(F)F)co1. The molecular formula is C11H8Cl2F3N3O2. The van der Waals surface area contributed by atoms with Crippen molar-refractivity contribution in [2.24, 2.45) is 0 Å². The van der Waals surface area contributed by atoms with E-state index < -0.39 is 18.5 Å². The molecule has 21 heavy (non-hydrogen) atoms. The molecule has 0 aliphatic rings. The summed E-state index contributed by atoms with van der Waals surface area (Å²) in [5.74, 6) is -0.937. The van der Waals surface area contributed by atoms with Crippen LogP contribution in [0.25, 0.3) is 0 Å². The van der Waals surface area contributed by atoms with E-state index in [2.05, 4.69) is 14.4 Å². The Morgan fingerprint density at radius 2 is 2.10 bits per heavy atom. The van der Waals surface area contributed by atoms with Crippen LogP contribution in [0.15, 0.2) is 27.7 Å². The zero-order valence-corrected chi connectivity index (χ0v) is 11.8. The summed E-state index contributed by atoms with van der Waals surface area (Å²) in [5, 5.41) is 0.182. The van der Waals surface area contributed by atoms with Crippen LogP contribution in [-0.2, 0) is 6.54 Å². The van der Waals surface area contributed by atoms with Crippen molar-refractivity contribution in [3.8, 4) is 0 Å². The molecule has 0 amide bonds. The third kappa shape index (κ3) is 4.40. The molecule has 2 aromatic heterocycles. The molecule has 0 spiro atoms. The topological polar surface area (TPSA) is 62.1 Å². The van der Waals surface area contributed by atoms with Gasteiger partial charge in [0.25, 0.3) is 0 Å². The molecule has 0 aliphatic carbocycles. The Bertz CT molecular complexity index is 684. The molecule has 0 fully saturated rings. The Balaban J connectivity index is 2.27. The molecule has 0 aliphatic heterocycles. The minimum absolute atomic E-state index is 0.0551. The normalized spacial score (nSPS) is 11.7. The van der Waals surface area contributed by atoms with Crippen molar-refractivity contribution in [2.75, 3.05) is 11.4 Å². The second-order valence-corrected chi connectivity index (χ2v) is 4.89. The lowest BCUT2D eigenvalue weighted by Crippen LogP contribution is -2.34. The molecular weight excluding hydrogens is 334 g/mol. The number of alkyl halides is 3. The van der Waals surface area contributed by atoms with Crippen LogP contribution < -0.4 is 10.7 Å². The summed E-state index contributed by atoms with van der Waals surface area (Å²) in [6.45, 7) is -1.46. The Kier molecular flexibility index (Phi) is 4.48. The van der Waals surface area contributed by atoms with Gasteiger partial charge in [-0.2, -0.15) is 13.2 Å². The Labute approximate surface area is 126 Å². The lowest BCUT2D eigenvalue weighted by Gasteiger charge is -2.23. The number of aromatic amines is 1.